The molecule has 1 N–H and O–H groups in total. The van der Waals surface area contributed by atoms with Gasteiger partial charge in [-0.1, -0.05) is 60.7 Å². The minimum absolute atomic E-state index is 0.0181. The average molecular weight is 428 g/mol. The van der Waals surface area contributed by atoms with Crippen LogP contribution in [0, 0.1) is 0 Å². The van der Waals surface area contributed by atoms with Crippen molar-refractivity contribution in [3.63, 3.8) is 0 Å². The molecule has 4 rings (SSSR count). The van der Waals surface area contributed by atoms with E-state index in [0.29, 0.717) is 17.7 Å². The van der Waals surface area contributed by atoms with Crippen LogP contribution in [-0.4, -0.2) is 54.8 Å². The Morgan fingerprint density at radius 1 is 0.781 bits per heavy atom. The predicted octanol–water partition coefficient (Wildman–Crippen LogP) is 4.23. The molecule has 3 aromatic rings. The fourth-order valence-electron chi connectivity index (χ4n) is 4.08. The lowest BCUT2D eigenvalue weighted by Gasteiger charge is -2.32. The summed E-state index contributed by atoms with van der Waals surface area (Å²) in [6.07, 6.45) is 0.343. The van der Waals surface area contributed by atoms with Crippen LogP contribution in [0.4, 0.5) is 5.69 Å². The Morgan fingerprint density at radius 2 is 1.31 bits per heavy atom. The highest BCUT2D eigenvalue weighted by Gasteiger charge is 2.21. The molecule has 0 spiro atoms. The molecule has 1 aliphatic heterocycles. The van der Waals surface area contributed by atoms with E-state index in [4.69, 9.17) is 0 Å². The molecule has 0 unspecified atom stereocenters. The fourth-order valence-corrected chi connectivity index (χ4v) is 4.08. The van der Waals surface area contributed by atoms with E-state index in [1.165, 1.54) is 0 Å². The van der Waals surface area contributed by atoms with E-state index in [9.17, 15) is 9.59 Å². The van der Waals surface area contributed by atoms with Crippen molar-refractivity contribution in [2.75, 3.05) is 38.5 Å². The number of anilines is 1. The number of amides is 2. The molecule has 32 heavy (non-hydrogen) atoms. The van der Waals surface area contributed by atoms with Crippen LogP contribution in [0.1, 0.15) is 33.8 Å². The van der Waals surface area contributed by atoms with E-state index >= 15 is 0 Å². The second kappa shape index (κ2) is 10.2. The lowest BCUT2D eigenvalue weighted by atomic mass is 9.88. The number of piperazine rings is 1. The van der Waals surface area contributed by atoms with Crippen LogP contribution < -0.4 is 5.32 Å². The highest BCUT2D eigenvalue weighted by molar-refractivity contribution is 5.96. The first-order valence-electron chi connectivity index (χ1n) is 11.1. The van der Waals surface area contributed by atoms with Gasteiger partial charge in [0.25, 0.3) is 5.91 Å². The Kier molecular flexibility index (Phi) is 6.97. The molecule has 1 heterocycles. The molecule has 0 saturated carbocycles. The molecule has 5 nitrogen and oxygen atoms in total. The van der Waals surface area contributed by atoms with E-state index in [1.54, 1.807) is 24.3 Å². The summed E-state index contributed by atoms with van der Waals surface area (Å²) in [5.41, 5.74) is 3.58. The van der Waals surface area contributed by atoms with Gasteiger partial charge in [-0.15, -0.1) is 0 Å². The summed E-state index contributed by atoms with van der Waals surface area (Å²) >= 11 is 0. The number of nitrogens with one attached hydrogen (secondary N) is 1. The van der Waals surface area contributed by atoms with Crippen molar-refractivity contribution >= 4 is 17.5 Å². The maximum absolute atomic E-state index is 12.9. The minimum atomic E-state index is -0.0548. The highest BCUT2D eigenvalue weighted by Crippen LogP contribution is 2.28. The van der Waals surface area contributed by atoms with Crippen molar-refractivity contribution < 1.29 is 9.59 Å². The Balaban J connectivity index is 1.41. The van der Waals surface area contributed by atoms with Gasteiger partial charge < -0.3 is 15.1 Å². The molecule has 1 saturated heterocycles. The molecule has 1 fully saturated rings. The molecule has 164 valence electrons. The van der Waals surface area contributed by atoms with Gasteiger partial charge in [0.1, 0.15) is 0 Å². The van der Waals surface area contributed by atoms with Crippen LogP contribution in [0.5, 0.6) is 0 Å². The van der Waals surface area contributed by atoms with Crippen molar-refractivity contribution in [3.8, 4) is 0 Å². The van der Waals surface area contributed by atoms with E-state index in [2.05, 4.69) is 41.5 Å². The van der Waals surface area contributed by atoms with Crippen LogP contribution >= 0.6 is 0 Å². The van der Waals surface area contributed by atoms with Crippen molar-refractivity contribution in [2.24, 2.45) is 0 Å². The van der Waals surface area contributed by atoms with Crippen LogP contribution in [0.15, 0.2) is 84.9 Å². The highest BCUT2D eigenvalue weighted by atomic mass is 16.2. The summed E-state index contributed by atoms with van der Waals surface area (Å²) < 4.78 is 0. The van der Waals surface area contributed by atoms with Gasteiger partial charge in [-0.25, -0.2) is 0 Å². The van der Waals surface area contributed by atoms with Crippen molar-refractivity contribution in [2.45, 2.75) is 12.3 Å². The third kappa shape index (κ3) is 5.42. The quantitative estimate of drug-likeness (QED) is 0.640. The van der Waals surface area contributed by atoms with Crippen molar-refractivity contribution in [1.29, 1.82) is 0 Å². The molecular formula is C27H29N3O2. The number of rotatable bonds is 6. The molecule has 0 aliphatic carbocycles. The topological polar surface area (TPSA) is 52.6 Å². The van der Waals surface area contributed by atoms with Crippen molar-refractivity contribution in [3.05, 3.63) is 102 Å². The van der Waals surface area contributed by atoms with Gasteiger partial charge in [0.15, 0.2) is 0 Å². The zero-order valence-electron chi connectivity index (χ0n) is 18.4. The Bertz CT molecular complexity index is 988. The molecule has 3 aromatic carbocycles. The van der Waals surface area contributed by atoms with Gasteiger partial charge in [0.2, 0.25) is 5.91 Å². The average Bonchev–Trinajstić information content (AvgIpc) is 2.84. The van der Waals surface area contributed by atoms with E-state index < -0.39 is 0 Å². The molecule has 0 atom stereocenters. The summed E-state index contributed by atoms with van der Waals surface area (Å²) in [5.74, 6) is -0.0273. The summed E-state index contributed by atoms with van der Waals surface area (Å²) in [6.45, 7) is 3.27. The minimum Gasteiger partial charge on any atom is -0.336 e. The largest absolute Gasteiger partial charge is 0.336 e. The monoisotopic (exact) mass is 427 g/mol. The Hall–Kier alpha value is -3.44. The number of hydrogen-bond acceptors (Lipinski definition) is 3. The van der Waals surface area contributed by atoms with E-state index in [1.807, 2.05) is 41.3 Å². The first-order chi connectivity index (χ1) is 15.6. The number of carbonyl (C=O) groups excluding carboxylic acids is 2. The first-order valence-corrected chi connectivity index (χ1v) is 11.1. The molecule has 1 aliphatic rings. The smallest absolute Gasteiger partial charge is 0.253 e. The van der Waals surface area contributed by atoms with E-state index in [0.717, 1.165) is 37.3 Å². The second-order valence-corrected chi connectivity index (χ2v) is 8.30. The second-order valence-electron chi connectivity index (χ2n) is 8.30. The van der Waals surface area contributed by atoms with Crippen LogP contribution in [-0.2, 0) is 4.79 Å². The van der Waals surface area contributed by atoms with Crippen LogP contribution in [0.2, 0.25) is 0 Å². The molecule has 0 radical (unpaired) electrons. The number of nitrogens with zero attached hydrogens (tertiary/aromatic N) is 2. The normalized spacial score (nSPS) is 14.4. The van der Waals surface area contributed by atoms with Crippen LogP contribution in [0.25, 0.3) is 0 Å². The van der Waals surface area contributed by atoms with Gasteiger partial charge in [-0.3, -0.25) is 9.59 Å². The summed E-state index contributed by atoms with van der Waals surface area (Å²) in [5, 5.41) is 2.99. The Morgan fingerprint density at radius 3 is 1.84 bits per heavy atom. The predicted molar refractivity (Wildman–Crippen MR) is 128 cm³/mol. The number of benzene rings is 3. The van der Waals surface area contributed by atoms with E-state index in [-0.39, 0.29) is 17.7 Å². The SMILES string of the molecule is CN1CCN(C(=O)c2ccc(NC(=O)CC(c3ccccc3)c3ccccc3)cc2)CC1. The van der Waals surface area contributed by atoms with Gasteiger partial charge in [-0.05, 0) is 42.4 Å². The standard InChI is InChI=1S/C27H29N3O2/c1-29-16-18-30(19-17-29)27(32)23-12-14-24(15-13-23)28-26(31)20-25(21-8-4-2-5-9-21)22-10-6-3-7-11-22/h2-15,25H,16-20H2,1H3,(H,28,31). The molecular weight excluding hydrogens is 398 g/mol. The lowest BCUT2D eigenvalue weighted by molar-refractivity contribution is -0.116. The fraction of sp³-hybridized carbons (Fsp3) is 0.259. The summed E-state index contributed by atoms with van der Waals surface area (Å²) in [6, 6.07) is 27.4. The van der Waals surface area contributed by atoms with Crippen molar-refractivity contribution in [1.82, 2.24) is 9.80 Å². The van der Waals surface area contributed by atoms with Gasteiger partial charge >= 0.3 is 0 Å². The summed E-state index contributed by atoms with van der Waals surface area (Å²) in [7, 11) is 2.07. The molecule has 0 aromatic heterocycles. The first kappa shape index (κ1) is 21.8. The third-order valence-electron chi connectivity index (χ3n) is 6.00. The molecule has 5 heteroatoms. The zero-order valence-corrected chi connectivity index (χ0v) is 18.4. The van der Waals surface area contributed by atoms with Crippen LogP contribution in [0.3, 0.4) is 0 Å². The maximum Gasteiger partial charge on any atom is 0.253 e. The number of hydrogen-bond donors (Lipinski definition) is 1. The van der Waals surface area contributed by atoms with Gasteiger partial charge in [0.05, 0.1) is 0 Å². The molecule has 0 bridgehead atoms. The summed E-state index contributed by atoms with van der Waals surface area (Å²) in [4.78, 5) is 29.7. The number of carbonyl (C=O) groups is 2. The Labute approximate surface area is 189 Å². The third-order valence-corrected chi connectivity index (χ3v) is 6.00. The zero-order chi connectivity index (χ0) is 22.3. The number of likely N-dealkylation sites (N-methyl/N-ethyl adjacent to an activating group) is 1. The van der Waals surface area contributed by atoms with Gasteiger partial charge in [0, 0.05) is 49.8 Å². The molecule has 2 amide bonds. The maximum atomic E-state index is 12.9. The lowest BCUT2D eigenvalue weighted by Crippen LogP contribution is -2.47. The van der Waals surface area contributed by atoms with Gasteiger partial charge in [-0.2, -0.15) is 0 Å².